The Hall–Kier alpha value is -2.03. The van der Waals surface area contributed by atoms with Gasteiger partial charge in [0.05, 0.1) is 10.2 Å². The summed E-state index contributed by atoms with van der Waals surface area (Å²) in [6.07, 6.45) is -0.311. The fourth-order valence-corrected chi connectivity index (χ4v) is 1.68. The van der Waals surface area contributed by atoms with Gasteiger partial charge in [-0.05, 0) is 28.4 Å². The minimum atomic E-state index is -1.06. The van der Waals surface area contributed by atoms with E-state index in [0.29, 0.717) is 0 Å². The molecule has 0 spiro atoms. The number of carbonyl (C=O) groups is 3. The molecule has 0 heterocycles. The van der Waals surface area contributed by atoms with E-state index in [4.69, 9.17) is 5.11 Å². The van der Waals surface area contributed by atoms with Crippen molar-refractivity contribution in [1.82, 2.24) is 5.32 Å². The number of imide groups is 1. The number of amides is 3. The Labute approximate surface area is 126 Å². The standard InChI is InChI=1S/C12H11BrF2N2O4/c13-6-4-8(15)9(5-7(6)14)16-12(21)17-10(18)2-1-3-11(19)20/h4-5H,1-3H2,(H,19,20)(H2,16,17,18,21). The zero-order valence-corrected chi connectivity index (χ0v) is 12.2. The molecule has 21 heavy (non-hydrogen) atoms. The number of carbonyl (C=O) groups excluding carboxylic acids is 2. The molecule has 0 atom stereocenters. The van der Waals surface area contributed by atoms with Crippen molar-refractivity contribution in [2.45, 2.75) is 19.3 Å². The number of aliphatic carboxylic acids is 1. The number of nitrogens with one attached hydrogen (secondary N) is 2. The largest absolute Gasteiger partial charge is 0.481 e. The molecule has 1 aromatic rings. The van der Waals surface area contributed by atoms with E-state index in [1.54, 1.807) is 0 Å². The van der Waals surface area contributed by atoms with Crippen molar-refractivity contribution in [1.29, 1.82) is 0 Å². The van der Waals surface area contributed by atoms with E-state index in [0.717, 1.165) is 12.1 Å². The first-order valence-electron chi connectivity index (χ1n) is 5.76. The van der Waals surface area contributed by atoms with Gasteiger partial charge in [0.1, 0.15) is 11.6 Å². The van der Waals surface area contributed by atoms with E-state index >= 15 is 0 Å². The average molecular weight is 365 g/mol. The molecule has 0 saturated carbocycles. The molecular weight excluding hydrogens is 354 g/mol. The van der Waals surface area contributed by atoms with Crippen LogP contribution in [-0.4, -0.2) is 23.0 Å². The van der Waals surface area contributed by atoms with Crippen LogP contribution in [-0.2, 0) is 9.59 Å². The number of benzene rings is 1. The molecule has 114 valence electrons. The van der Waals surface area contributed by atoms with Crippen molar-refractivity contribution >= 4 is 39.5 Å². The van der Waals surface area contributed by atoms with E-state index in [-0.39, 0.29) is 23.7 Å². The summed E-state index contributed by atoms with van der Waals surface area (Å²) in [7, 11) is 0. The summed E-state index contributed by atoms with van der Waals surface area (Å²) in [5.41, 5.74) is -0.425. The lowest BCUT2D eigenvalue weighted by atomic mass is 10.2. The molecule has 9 heteroatoms. The number of anilines is 1. The van der Waals surface area contributed by atoms with Crippen LogP contribution in [0.5, 0.6) is 0 Å². The van der Waals surface area contributed by atoms with Crippen LogP contribution in [0, 0.1) is 11.6 Å². The number of rotatable bonds is 5. The number of halogens is 3. The van der Waals surface area contributed by atoms with Crippen LogP contribution in [0.4, 0.5) is 19.3 Å². The van der Waals surface area contributed by atoms with Crippen molar-refractivity contribution in [3.8, 4) is 0 Å². The third-order valence-corrected chi connectivity index (χ3v) is 2.91. The van der Waals surface area contributed by atoms with Crippen LogP contribution >= 0.6 is 15.9 Å². The highest BCUT2D eigenvalue weighted by atomic mass is 79.9. The molecule has 0 radical (unpaired) electrons. The molecule has 3 amide bonds. The summed E-state index contributed by atoms with van der Waals surface area (Å²) in [5, 5.41) is 12.3. The van der Waals surface area contributed by atoms with Crippen molar-refractivity contribution in [3.63, 3.8) is 0 Å². The maximum atomic E-state index is 13.4. The lowest BCUT2D eigenvalue weighted by molar-refractivity contribution is -0.137. The maximum absolute atomic E-state index is 13.4. The van der Waals surface area contributed by atoms with Crippen LogP contribution in [0.25, 0.3) is 0 Å². The molecule has 6 nitrogen and oxygen atoms in total. The molecule has 3 N–H and O–H groups in total. The molecule has 0 bridgehead atoms. The van der Waals surface area contributed by atoms with Gasteiger partial charge in [-0.3, -0.25) is 14.9 Å². The average Bonchev–Trinajstić information content (AvgIpc) is 2.35. The van der Waals surface area contributed by atoms with Gasteiger partial charge in [0.25, 0.3) is 0 Å². The van der Waals surface area contributed by atoms with Crippen molar-refractivity contribution < 1.29 is 28.3 Å². The van der Waals surface area contributed by atoms with Crippen LogP contribution in [0.15, 0.2) is 16.6 Å². The molecule has 1 aromatic carbocycles. The molecule has 0 saturated heterocycles. The van der Waals surface area contributed by atoms with E-state index in [2.05, 4.69) is 15.9 Å². The summed E-state index contributed by atoms with van der Waals surface area (Å²) in [6.45, 7) is 0. The SMILES string of the molecule is O=C(O)CCCC(=O)NC(=O)Nc1cc(F)c(Br)cc1F. The van der Waals surface area contributed by atoms with E-state index < -0.39 is 35.2 Å². The molecular formula is C12H11BrF2N2O4. The third-order valence-electron chi connectivity index (χ3n) is 2.31. The Morgan fingerprint density at radius 2 is 1.81 bits per heavy atom. The van der Waals surface area contributed by atoms with Gasteiger partial charge < -0.3 is 10.4 Å². The van der Waals surface area contributed by atoms with Crippen molar-refractivity contribution in [2.24, 2.45) is 0 Å². The Morgan fingerprint density at radius 3 is 2.43 bits per heavy atom. The Kier molecular flexibility index (Phi) is 6.22. The number of hydrogen-bond acceptors (Lipinski definition) is 3. The number of carboxylic acids is 1. The molecule has 0 unspecified atom stereocenters. The predicted molar refractivity (Wildman–Crippen MR) is 72.7 cm³/mol. The third kappa shape index (κ3) is 5.86. The topological polar surface area (TPSA) is 95.5 Å². The fraction of sp³-hybridized carbons (Fsp3) is 0.250. The van der Waals surface area contributed by atoms with Crippen LogP contribution < -0.4 is 10.6 Å². The van der Waals surface area contributed by atoms with Gasteiger partial charge in [-0.25, -0.2) is 13.6 Å². The van der Waals surface area contributed by atoms with Gasteiger partial charge >= 0.3 is 12.0 Å². The summed E-state index contributed by atoms with van der Waals surface area (Å²) in [4.78, 5) is 32.9. The zero-order valence-electron chi connectivity index (χ0n) is 10.6. The normalized spacial score (nSPS) is 10.0. The van der Waals surface area contributed by atoms with E-state index in [1.165, 1.54) is 0 Å². The molecule has 0 aromatic heterocycles. The monoisotopic (exact) mass is 364 g/mol. The van der Waals surface area contributed by atoms with Gasteiger partial charge in [0.2, 0.25) is 5.91 Å². The summed E-state index contributed by atoms with van der Waals surface area (Å²) in [5.74, 6) is -3.43. The lowest BCUT2D eigenvalue weighted by Gasteiger charge is -2.08. The Bertz CT molecular complexity index is 581. The second-order valence-corrected chi connectivity index (χ2v) is 4.85. The van der Waals surface area contributed by atoms with Gasteiger partial charge in [-0.1, -0.05) is 0 Å². The summed E-state index contributed by atoms with van der Waals surface area (Å²) in [6, 6.07) is 0.559. The molecule has 0 aliphatic heterocycles. The highest BCUT2D eigenvalue weighted by molar-refractivity contribution is 9.10. The number of urea groups is 1. The van der Waals surface area contributed by atoms with Crippen molar-refractivity contribution in [3.05, 3.63) is 28.2 Å². The smallest absolute Gasteiger partial charge is 0.325 e. The number of carboxylic acid groups (broad SMARTS) is 1. The van der Waals surface area contributed by atoms with Gasteiger partial charge in [0.15, 0.2) is 0 Å². The van der Waals surface area contributed by atoms with Gasteiger partial charge in [0, 0.05) is 18.9 Å². The molecule has 1 rings (SSSR count). The van der Waals surface area contributed by atoms with Gasteiger partial charge in [-0.15, -0.1) is 0 Å². The van der Waals surface area contributed by atoms with Crippen LogP contribution in [0.1, 0.15) is 19.3 Å². The van der Waals surface area contributed by atoms with E-state index in [9.17, 15) is 23.2 Å². The fourth-order valence-electron chi connectivity index (χ4n) is 1.36. The highest BCUT2D eigenvalue weighted by Crippen LogP contribution is 2.23. The second-order valence-electron chi connectivity index (χ2n) is 4.00. The first kappa shape index (κ1) is 17.0. The predicted octanol–water partition coefficient (Wildman–Crippen LogP) is 2.63. The van der Waals surface area contributed by atoms with Crippen LogP contribution in [0.3, 0.4) is 0 Å². The minimum Gasteiger partial charge on any atom is -0.481 e. The zero-order chi connectivity index (χ0) is 16.0. The highest BCUT2D eigenvalue weighted by Gasteiger charge is 2.13. The molecule has 0 fully saturated rings. The quantitative estimate of drug-likeness (QED) is 0.699. The Morgan fingerprint density at radius 1 is 1.14 bits per heavy atom. The Balaban J connectivity index is 2.52. The van der Waals surface area contributed by atoms with E-state index in [1.807, 2.05) is 10.6 Å². The number of hydrogen-bond donors (Lipinski definition) is 3. The lowest BCUT2D eigenvalue weighted by Crippen LogP contribution is -2.34. The molecule has 0 aliphatic carbocycles. The first-order chi connectivity index (χ1) is 9.79. The first-order valence-corrected chi connectivity index (χ1v) is 6.56. The second kappa shape index (κ2) is 7.67. The van der Waals surface area contributed by atoms with Crippen molar-refractivity contribution in [2.75, 3.05) is 5.32 Å². The minimum absolute atomic E-state index is 0.0652. The maximum Gasteiger partial charge on any atom is 0.325 e. The van der Waals surface area contributed by atoms with Crippen LogP contribution in [0.2, 0.25) is 0 Å². The molecule has 0 aliphatic rings. The van der Waals surface area contributed by atoms with Gasteiger partial charge in [-0.2, -0.15) is 0 Å². The summed E-state index contributed by atoms with van der Waals surface area (Å²) >= 11 is 2.78. The summed E-state index contributed by atoms with van der Waals surface area (Å²) < 4.78 is 26.5.